The van der Waals surface area contributed by atoms with Crippen LogP contribution in [0.2, 0.25) is 5.02 Å². The molecule has 1 aromatic rings. The average Bonchev–Trinajstić information content (AvgIpc) is 2.28. The molecule has 1 N–H and O–H groups in total. The van der Waals surface area contributed by atoms with Gasteiger partial charge < -0.3 is 5.32 Å². The van der Waals surface area contributed by atoms with Crippen molar-refractivity contribution in [2.45, 2.75) is 39.7 Å². The lowest BCUT2D eigenvalue weighted by Crippen LogP contribution is -2.21. The predicted octanol–water partition coefficient (Wildman–Crippen LogP) is 4.66. The quantitative estimate of drug-likeness (QED) is 0.726. The van der Waals surface area contributed by atoms with Gasteiger partial charge in [0.2, 0.25) is 0 Å². The maximum atomic E-state index is 6.32. The molecule has 0 amide bonds. The van der Waals surface area contributed by atoms with Crippen molar-refractivity contribution >= 4 is 11.6 Å². The van der Waals surface area contributed by atoms with Crippen LogP contribution in [0.25, 0.3) is 0 Å². The van der Waals surface area contributed by atoms with Crippen molar-refractivity contribution in [2.24, 2.45) is 0 Å². The molecule has 17 heavy (non-hydrogen) atoms. The minimum atomic E-state index is 0.278. The number of hydrogen-bond acceptors (Lipinski definition) is 1. The fourth-order valence-electron chi connectivity index (χ4n) is 1.89. The van der Waals surface area contributed by atoms with Crippen molar-refractivity contribution in [2.75, 3.05) is 6.54 Å². The van der Waals surface area contributed by atoms with Gasteiger partial charge in [-0.3, -0.25) is 0 Å². The van der Waals surface area contributed by atoms with E-state index in [0.717, 1.165) is 24.4 Å². The number of rotatable bonds is 6. The van der Waals surface area contributed by atoms with Crippen molar-refractivity contribution in [3.63, 3.8) is 0 Å². The Hall–Kier alpha value is -0.790. The fraction of sp³-hybridized carbons (Fsp3) is 0.467. The Morgan fingerprint density at radius 3 is 2.65 bits per heavy atom. The number of nitrogens with one attached hydrogen (secondary N) is 1. The van der Waals surface area contributed by atoms with E-state index < -0.39 is 0 Å². The summed E-state index contributed by atoms with van der Waals surface area (Å²) >= 11 is 6.32. The van der Waals surface area contributed by atoms with Crippen molar-refractivity contribution in [1.29, 1.82) is 0 Å². The molecule has 0 aliphatic carbocycles. The third-order valence-corrected chi connectivity index (χ3v) is 3.30. The van der Waals surface area contributed by atoms with Gasteiger partial charge in [-0.15, -0.1) is 0 Å². The van der Waals surface area contributed by atoms with Gasteiger partial charge in [0.25, 0.3) is 0 Å². The molecule has 0 aliphatic heterocycles. The third-order valence-electron chi connectivity index (χ3n) is 2.97. The lowest BCUT2D eigenvalue weighted by Gasteiger charge is -2.20. The second kappa shape index (κ2) is 6.83. The first kappa shape index (κ1) is 14.3. The molecule has 0 spiro atoms. The molecule has 0 bridgehead atoms. The summed E-state index contributed by atoms with van der Waals surface area (Å²) in [7, 11) is 0. The monoisotopic (exact) mass is 251 g/mol. The summed E-state index contributed by atoms with van der Waals surface area (Å²) in [5, 5.41) is 4.33. The Morgan fingerprint density at radius 2 is 2.12 bits per heavy atom. The maximum absolute atomic E-state index is 6.32. The van der Waals surface area contributed by atoms with Crippen LogP contribution in [-0.2, 0) is 0 Å². The van der Waals surface area contributed by atoms with E-state index >= 15 is 0 Å². The van der Waals surface area contributed by atoms with Crippen molar-refractivity contribution in [3.8, 4) is 0 Å². The Bertz CT molecular complexity index is 385. The van der Waals surface area contributed by atoms with E-state index in [1.165, 1.54) is 16.7 Å². The molecule has 1 nitrogen and oxygen atoms in total. The van der Waals surface area contributed by atoms with E-state index in [1.807, 2.05) is 6.07 Å². The molecule has 2 heteroatoms. The van der Waals surface area contributed by atoms with E-state index in [1.54, 1.807) is 0 Å². The second-order valence-electron chi connectivity index (χ2n) is 4.44. The lowest BCUT2D eigenvalue weighted by molar-refractivity contribution is 0.543. The summed E-state index contributed by atoms with van der Waals surface area (Å²) in [6.07, 6.45) is 1.97. The number of benzene rings is 1. The van der Waals surface area contributed by atoms with Crippen LogP contribution in [0.5, 0.6) is 0 Å². The summed E-state index contributed by atoms with van der Waals surface area (Å²) in [6, 6.07) is 6.53. The maximum Gasteiger partial charge on any atom is 0.0456 e. The van der Waals surface area contributed by atoms with Gasteiger partial charge in [-0.2, -0.15) is 0 Å². The van der Waals surface area contributed by atoms with Crippen LogP contribution in [0.3, 0.4) is 0 Å². The van der Waals surface area contributed by atoms with E-state index in [0.29, 0.717) is 0 Å². The Morgan fingerprint density at radius 1 is 1.41 bits per heavy atom. The molecule has 0 aliphatic rings. The van der Waals surface area contributed by atoms with Gasteiger partial charge in [0, 0.05) is 11.1 Å². The molecule has 1 aromatic carbocycles. The molecule has 0 saturated heterocycles. The first-order valence-corrected chi connectivity index (χ1v) is 6.62. The minimum absolute atomic E-state index is 0.278. The van der Waals surface area contributed by atoms with Crippen LogP contribution in [0.15, 0.2) is 30.4 Å². The standard InChI is InChI=1S/C15H22ClN/c1-5-11(3)10-15(17-6-2)13-8-7-12(4)9-14(13)16/h7-9,15,17H,3,5-6,10H2,1-2,4H3. The summed E-state index contributed by atoms with van der Waals surface area (Å²) in [5.74, 6) is 0. The Labute approximate surface area is 110 Å². The van der Waals surface area contributed by atoms with Gasteiger partial charge >= 0.3 is 0 Å². The zero-order valence-electron chi connectivity index (χ0n) is 11.0. The van der Waals surface area contributed by atoms with Crippen LogP contribution in [0, 0.1) is 6.92 Å². The highest BCUT2D eigenvalue weighted by atomic mass is 35.5. The minimum Gasteiger partial charge on any atom is -0.310 e. The molecule has 0 radical (unpaired) electrons. The number of hydrogen-bond donors (Lipinski definition) is 1. The smallest absolute Gasteiger partial charge is 0.0456 e. The predicted molar refractivity (Wildman–Crippen MR) is 76.7 cm³/mol. The SMILES string of the molecule is C=C(CC)CC(NCC)c1ccc(C)cc1Cl. The third kappa shape index (κ3) is 4.18. The molecule has 0 aromatic heterocycles. The van der Waals surface area contributed by atoms with Crippen molar-refractivity contribution in [3.05, 3.63) is 46.5 Å². The van der Waals surface area contributed by atoms with E-state index in [4.69, 9.17) is 11.6 Å². The highest BCUT2D eigenvalue weighted by Gasteiger charge is 2.14. The molecular weight excluding hydrogens is 230 g/mol. The van der Waals surface area contributed by atoms with Crippen molar-refractivity contribution in [1.82, 2.24) is 5.32 Å². The summed E-state index contributed by atoms with van der Waals surface area (Å²) in [5.41, 5.74) is 3.63. The summed E-state index contributed by atoms with van der Waals surface area (Å²) in [4.78, 5) is 0. The van der Waals surface area contributed by atoms with E-state index in [2.05, 4.69) is 44.8 Å². The zero-order valence-corrected chi connectivity index (χ0v) is 11.8. The van der Waals surface area contributed by atoms with Crippen molar-refractivity contribution < 1.29 is 0 Å². The molecule has 94 valence electrons. The Kier molecular flexibility index (Phi) is 5.73. The summed E-state index contributed by atoms with van der Waals surface area (Å²) in [6.45, 7) is 11.3. The molecule has 0 heterocycles. The van der Waals surface area contributed by atoms with E-state index in [-0.39, 0.29) is 6.04 Å². The zero-order chi connectivity index (χ0) is 12.8. The molecule has 0 fully saturated rings. The number of halogens is 1. The molecular formula is C15H22ClN. The first-order valence-electron chi connectivity index (χ1n) is 6.24. The largest absolute Gasteiger partial charge is 0.310 e. The van der Waals surface area contributed by atoms with Gasteiger partial charge in [-0.05, 0) is 43.5 Å². The topological polar surface area (TPSA) is 12.0 Å². The van der Waals surface area contributed by atoms with Gasteiger partial charge in [-0.1, -0.05) is 49.7 Å². The normalized spacial score (nSPS) is 12.5. The molecule has 1 atom stereocenters. The van der Waals surface area contributed by atoms with Crippen LogP contribution < -0.4 is 5.32 Å². The molecule has 1 rings (SSSR count). The molecule has 1 unspecified atom stereocenters. The second-order valence-corrected chi connectivity index (χ2v) is 4.85. The van der Waals surface area contributed by atoms with Crippen LogP contribution >= 0.6 is 11.6 Å². The Balaban J connectivity index is 2.92. The van der Waals surface area contributed by atoms with Crippen LogP contribution in [0.4, 0.5) is 0 Å². The van der Waals surface area contributed by atoms with E-state index in [9.17, 15) is 0 Å². The van der Waals surface area contributed by atoms with Gasteiger partial charge in [-0.25, -0.2) is 0 Å². The van der Waals surface area contributed by atoms with Gasteiger partial charge in [0.05, 0.1) is 0 Å². The lowest BCUT2D eigenvalue weighted by atomic mass is 9.97. The highest BCUT2D eigenvalue weighted by molar-refractivity contribution is 6.31. The first-order chi connectivity index (χ1) is 8.08. The fourth-order valence-corrected chi connectivity index (χ4v) is 2.25. The van der Waals surface area contributed by atoms with Crippen LogP contribution in [0.1, 0.15) is 43.9 Å². The molecule has 0 saturated carbocycles. The number of aryl methyl sites for hydroxylation is 1. The van der Waals surface area contributed by atoms with Gasteiger partial charge in [0.1, 0.15) is 0 Å². The summed E-state index contributed by atoms with van der Waals surface area (Å²) < 4.78 is 0. The average molecular weight is 252 g/mol. The van der Waals surface area contributed by atoms with Gasteiger partial charge in [0.15, 0.2) is 0 Å². The highest BCUT2D eigenvalue weighted by Crippen LogP contribution is 2.28. The van der Waals surface area contributed by atoms with Crippen LogP contribution in [-0.4, -0.2) is 6.54 Å².